The molecule has 0 spiro atoms. The summed E-state index contributed by atoms with van der Waals surface area (Å²) in [7, 11) is 0. The first-order valence-electron chi connectivity index (χ1n) is 7.54. The average molecular weight is 280 g/mol. The van der Waals surface area contributed by atoms with Crippen LogP contribution in [0.2, 0.25) is 0 Å². The van der Waals surface area contributed by atoms with E-state index in [4.69, 9.17) is 0 Å². The number of nitrogens with zero attached hydrogens (tertiary/aromatic N) is 2. The van der Waals surface area contributed by atoms with E-state index in [2.05, 4.69) is 16.7 Å². The molecule has 1 saturated heterocycles. The maximum atomic E-state index is 12.9. The quantitative estimate of drug-likeness (QED) is 0.864. The maximum absolute atomic E-state index is 12.9. The third-order valence-electron chi connectivity index (χ3n) is 3.99. The molecule has 112 valence electrons. The van der Waals surface area contributed by atoms with Crippen molar-refractivity contribution in [2.24, 2.45) is 0 Å². The third-order valence-corrected chi connectivity index (χ3v) is 3.99. The molecule has 1 atom stereocenters. The first kappa shape index (κ1) is 15.4. The fraction of sp³-hybridized carbons (Fsp3) is 0.625. The van der Waals surface area contributed by atoms with Gasteiger partial charge in [0.2, 0.25) is 0 Å². The topological polar surface area (TPSA) is 26.7 Å². The SMILES string of the molecule is CCCN1CCN(Cc2ccc(F)cc2)[C@@H](CCO)C1. The summed E-state index contributed by atoms with van der Waals surface area (Å²) in [4.78, 5) is 4.89. The van der Waals surface area contributed by atoms with E-state index in [1.165, 1.54) is 18.6 Å². The van der Waals surface area contributed by atoms with Gasteiger partial charge in [0.25, 0.3) is 0 Å². The van der Waals surface area contributed by atoms with Crippen LogP contribution in [-0.4, -0.2) is 53.7 Å². The minimum absolute atomic E-state index is 0.187. The molecular weight excluding hydrogens is 255 g/mol. The summed E-state index contributed by atoms with van der Waals surface area (Å²) in [5.74, 6) is -0.187. The van der Waals surface area contributed by atoms with Crippen molar-refractivity contribution in [2.75, 3.05) is 32.8 Å². The lowest BCUT2D eigenvalue weighted by atomic mass is 10.1. The number of hydrogen-bond acceptors (Lipinski definition) is 3. The number of piperazine rings is 1. The summed E-state index contributed by atoms with van der Waals surface area (Å²) in [6.45, 7) is 7.52. The van der Waals surface area contributed by atoms with Crippen molar-refractivity contribution in [2.45, 2.75) is 32.4 Å². The van der Waals surface area contributed by atoms with Crippen molar-refractivity contribution in [1.82, 2.24) is 9.80 Å². The van der Waals surface area contributed by atoms with E-state index in [1.54, 1.807) is 0 Å². The molecule has 0 saturated carbocycles. The van der Waals surface area contributed by atoms with E-state index >= 15 is 0 Å². The van der Waals surface area contributed by atoms with Crippen LogP contribution in [-0.2, 0) is 6.54 Å². The Hall–Kier alpha value is -0.970. The molecule has 1 fully saturated rings. The standard InChI is InChI=1S/C16H25FN2O/c1-2-8-18-9-10-19(16(13-18)7-11-20)12-14-3-5-15(17)6-4-14/h3-6,16,20H,2,7-13H2,1H3/t16-/m0/s1. The molecule has 1 aromatic rings. The van der Waals surface area contributed by atoms with Crippen molar-refractivity contribution >= 4 is 0 Å². The molecule has 1 N–H and O–H groups in total. The Morgan fingerprint density at radius 1 is 1.25 bits per heavy atom. The molecule has 0 aromatic heterocycles. The minimum Gasteiger partial charge on any atom is -0.396 e. The van der Waals surface area contributed by atoms with Crippen molar-refractivity contribution in [3.63, 3.8) is 0 Å². The number of hydrogen-bond donors (Lipinski definition) is 1. The molecule has 0 aliphatic carbocycles. The highest BCUT2D eigenvalue weighted by Gasteiger charge is 2.25. The fourth-order valence-corrected chi connectivity index (χ4v) is 2.93. The minimum atomic E-state index is -0.187. The molecule has 1 heterocycles. The summed E-state index contributed by atoms with van der Waals surface area (Å²) in [5, 5.41) is 9.26. The highest BCUT2D eigenvalue weighted by molar-refractivity contribution is 5.16. The van der Waals surface area contributed by atoms with Crippen molar-refractivity contribution in [3.05, 3.63) is 35.6 Å². The second-order valence-electron chi connectivity index (χ2n) is 5.56. The molecule has 2 rings (SSSR count). The summed E-state index contributed by atoms with van der Waals surface area (Å²) >= 11 is 0. The van der Waals surface area contributed by atoms with Crippen molar-refractivity contribution in [1.29, 1.82) is 0 Å². The largest absolute Gasteiger partial charge is 0.396 e. The summed E-state index contributed by atoms with van der Waals surface area (Å²) in [6, 6.07) is 7.13. The van der Waals surface area contributed by atoms with Crippen LogP contribution in [0.4, 0.5) is 4.39 Å². The number of halogens is 1. The Bertz CT molecular complexity index is 396. The molecule has 1 aliphatic heterocycles. The van der Waals surface area contributed by atoms with Gasteiger partial charge in [-0.3, -0.25) is 4.90 Å². The Labute approximate surface area is 121 Å². The molecule has 20 heavy (non-hydrogen) atoms. The van der Waals surface area contributed by atoms with Gasteiger partial charge in [0.15, 0.2) is 0 Å². The normalized spacial score (nSPS) is 21.2. The highest BCUT2D eigenvalue weighted by Crippen LogP contribution is 2.17. The first-order valence-corrected chi connectivity index (χ1v) is 7.54. The zero-order chi connectivity index (χ0) is 14.4. The number of aliphatic hydroxyl groups excluding tert-OH is 1. The van der Waals surface area contributed by atoms with E-state index in [1.807, 2.05) is 12.1 Å². The van der Waals surface area contributed by atoms with Gasteiger partial charge in [-0.1, -0.05) is 19.1 Å². The smallest absolute Gasteiger partial charge is 0.123 e. The number of benzene rings is 1. The van der Waals surface area contributed by atoms with Gasteiger partial charge in [0.05, 0.1) is 0 Å². The van der Waals surface area contributed by atoms with Crippen LogP contribution >= 0.6 is 0 Å². The Balaban J connectivity index is 1.96. The van der Waals surface area contributed by atoms with Crippen LogP contribution in [0.1, 0.15) is 25.3 Å². The summed E-state index contributed by atoms with van der Waals surface area (Å²) < 4.78 is 12.9. The molecule has 0 radical (unpaired) electrons. The lowest BCUT2D eigenvalue weighted by molar-refractivity contribution is 0.0538. The predicted octanol–water partition coefficient (Wildman–Crippen LogP) is 2.10. The second-order valence-corrected chi connectivity index (χ2v) is 5.56. The monoisotopic (exact) mass is 280 g/mol. The van der Waals surface area contributed by atoms with E-state index in [0.717, 1.165) is 44.7 Å². The Morgan fingerprint density at radius 2 is 2.00 bits per heavy atom. The van der Waals surface area contributed by atoms with Gasteiger partial charge in [-0.25, -0.2) is 4.39 Å². The van der Waals surface area contributed by atoms with Gasteiger partial charge in [0, 0.05) is 38.8 Å². The fourth-order valence-electron chi connectivity index (χ4n) is 2.93. The maximum Gasteiger partial charge on any atom is 0.123 e. The Morgan fingerprint density at radius 3 is 2.65 bits per heavy atom. The van der Waals surface area contributed by atoms with Gasteiger partial charge >= 0.3 is 0 Å². The van der Waals surface area contributed by atoms with Crippen molar-refractivity contribution in [3.8, 4) is 0 Å². The van der Waals surface area contributed by atoms with Crippen LogP contribution in [0, 0.1) is 5.82 Å². The molecule has 1 aromatic carbocycles. The van der Waals surface area contributed by atoms with E-state index in [9.17, 15) is 9.50 Å². The highest BCUT2D eigenvalue weighted by atomic mass is 19.1. The van der Waals surface area contributed by atoms with Gasteiger partial charge < -0.3 is 10.0 Å². The van der Waals surface area contributed by atoms with Gasteiger partial charge in [0.1, 0.15) is 5.82 Å². The molecule has 4 heteroatoms. The molecule has 0 unspecified atom stereocenters. The lowest BCUT2D eigenvalue weighted by Gasteiger charge is -2.41. The lowest BCUT2D eigenvalue weighted by Crippen LogP contribution is -2.53. The van der Waals surface area contributed by atoms with E-state index in [-0.39, 0.29) is 12.4 Å². The number of aliphatic hydroxyl groups is 1. The molecule has 3 nitrogen and oxygen atoms in total. The third kappa shape index (κ3) is 4.27. The average Bonchev–Trinajstić information content (AvgIpc) is 2.45. The zero-order valence-electron chi connectivity index (χ0n) is 12.3. The number of rotatable bonds is 6. The van der Waals surface area contributed by atoms with E-state index in [0.29, 0.717) is 6.04 Å². The molecule has 0 bridgehead atoms. The van der Waals surface area contributed by atoms with Crippen LogP contribution in [0.5, 0.6) is 0 Å². The van der Waals surface area contributed by atoms with Gasteiger partial charge in [-0.2, -0.15) is 0 Å². The van der Waals surface area contributed by atoms with Gasteiger partial charge in [-0.05, 0) is 37.1 Å². The van der Waals surface area contributed by atoms with Crippen LogP contribution in [0.25, 0.3) is 0 Å². The molecular formula is C16H25FN2O. The first-order chi connectivity index (χ1) is 9.72. The van der Waals surface area contributed by atoms with Crippen molar-refractivity contribution < 1.29 is 9.50 Å². The second kappa shape index (κ2) is 7.72. The van der Waals surface area contributed by atoms with Gasteiger partial charge in [-0.15, -0.1) is 0 Å². The Kier molecular flexibility index (Phi) is 5.95. The van der Waals surface area contributed by atoms with Crippen LogP contribution in [0.3, 0.4) is 0 Å². The van der Waals surface area contributed by atoms with Crippen LogP contribution < -0.4 is 0 Å². The van der Waals surface area contributed by atoms with Crippen LogP contribution in [0.15, 0.2) is 24.3 Å². The summed E-state index contributed by atoms with van der Waals surface area (Å²) in [6.07, 6.45) is 1.98. The van der Waals surface area contributed by atoms with E-state index < -0.39 is 0 Å². The summed E-state index contributed by atoms with van der Waals surface area (Å²) in [5.41, 5.74) is 1.14. The zero-order valence-corrected chi connectivity index (χ0v) is 12.3. The predicted molar refractivity (Wildman–Crippen MR) is 79.0 cm³/mol. The molecule has 1 aliphatic rings. The molecule has 0 amide bonds.